The molecule has 6 rings (SSSR count). The van der Waals surface area contributed by atoms with Crippen LogP contribution in [0, 0.1) is 0 Å². The first-order valence-electron chi connectivity index (χ1n) is 13.2. The highest BCUT2D eigenvalue weighted by atomic mass is 16.5. The number of amides is 3. The van der Waals surface area contributed by atoms with Gasteiger partial charge >= 0.3 is 0 Å². The van der Waals surface area contributed by atoms with Gasteiger partial charge in [-0.3, -0.25) is 24.6 Å². The SMILES string of the molecule is O=C1CCC(N2Cc3cc(C4CCN(Cc5ccnc(Oc6ccccc6)c5)CC4)ccc3C2=O)C(=O)N1. The number of rotatable bonds is 6. The van der Waals surface area contributed by atoms with Crippen LogP contribution in [-0.4, -0.2) is 51.6 Å². The van der Waals surface area contributed by atoms with E-state index in [0.29, 0.717) is 30.3 Å². The van der Waals surface area contributed by atoms with Crippen LogP contribution < -0.4 is 10.1 Å². The molecule has 1 N–H and O–H groups in total. The molecule has 2 saturated heterocycles. The second-order valence-corrected chi connectivity index (χ2v) is 10.3. The van der Waals surface area contributed by atoms with Gasteiger partial charge < -0.3 is 9.64 Å². The van der Waals surface area contributed by atoms with Crippen molar-refractivity contribution in [1.82, 2.24) is 20.1 Å². The Labute approximate surface area is 221 Å². The molecule has 194 valence electrons. The molecule has 2 fully saturated rings. The third-order valence-electron chi connectivity index (χ3n) is 7.78. The number of likely N-dealkylation sites (tertiary alicyclic amines) is 1. The molecule has 0 radical (unpaired) electrons. The summed E-state index contributed by atoms with van der Waals surface area (Å²) >= 11 is 0. The molecule has 3 amide bonds. The van der Waals surface area contributed by atoms with Gasteiger partial charge in [0.2, 0.25) is 17.7 Å². The zero-order valence-corrected chi connectivity index (χ0v) is 21.1. The number of hydrogen-bond donors (Lipinski definition) is 1. The summed E-state index contributed by atoms with van der Waals surface area (Å²) in [6.45, 7) is 3.24. The number of nitrogens with one attached hydrogen (secondary N) is 1. The van der Waals surface area contributed by atoms with Gasteiger partial charge in [-0.25, -0.2) is 4.98 Å². The van der Waals surface area contributed by atoms with Crippen LogP contribution in [0.3, 0.4) is 0 Å². The Morgan fingerprint density at radius 2 is 1.76 bits per heavy atom. The van der Waals surface area contributed by atoms with E-state index >= 15 is 0 Å². The Balaban J connectivity index is 1.06. The monoisotopic (exact) mass is 510 g/mol. The van der Waals surface area contributed by atoms with Crippen molar-refractivity contribution in [3.63, 3.8) is 0 Å². The summed E-state index contributed by atoms with van der Waals surface area (Å²) in [5, 5.41) is 2.37. The van der Waals surface area contributed by atoms with Gasteiger partial charge in [-0.05, 0) is 79.2 Å². The lowest BCUT2D eigenvalue weighted by Gasteiger charge is -2.32. The predicted octanol–water partition coefficient (Wildman–Crippen LogP) is 4.01. The first-order chi connectivity index (χ1) is 18.5. The van der Waals surface area contributed by atoms with Crippen molar-refractivity contribution in [2.45, 2.75) is 50.7 Å². The fourth-order valence-electron chi connectivity index (χ4n) is 5.74. The lowest BCUT2D eigenvalue weighted by Crippen LogP contribution is -2.52. The fourth-order valence-corrected chi connectivity index (χ4v) is 5.74. The zero-order valence-electron chi connectivity index (χ0n) is 21.1. The number of pyridine rings is 1. The Hall–Kier alpha value is -4.04. The summed E-state index contributed by atoms with van der Waals surface area (Å²) in [6, 6.07) is 19.3. The van der Waals surface area contributed by atoms with Crippen LogP contribution in [0.2, 0.25) is 0 Å². The number of hydrogen-bond acceptors (Lipinski definition) is 6. The molecule has 0 aliphatic carbocycles. The number of fused-ring (bicyclic) bond motifs is 1. The van der Waals surface area contributed by atoms with Crippen LogP contribution in [0.1, 0.15) is 58.6 Å². The molecule has 0 saturated carbocycles. The Bertz CT molecular complexity index is 1370. The van der Waals surface area contributed by atoms with E-state index in [1.165, 1.54) is 11.1 Å². The average molecular weight is 511 g/mol. The van der Waals surface area contributed by atoms with Crippen molar-refractivity contribution in [1.29, 1.82) is 0 Å². The van der Waals surface area contributed by atoms with Gasteiger partial charge in [0.15, 0.2) is 0 Å². The van der Waals surface area contributed by atoms with Crippen LogP contribution in [0.15, 0.2) is 66.9 Å². The largest absolute Gasteiger partial charge is 0.439 e. The summed E-state index contributed by atoms with van der Waals surface area (Å²) in [5.41, 5.74) is 4.07. The second kappa shape index (κ2) is 10.4. The molecule has 38 heavy (non-hydrogen) atoms. The van der Waals surface area contributed by atoms with Crippen LogP contribution in [0.25, 0.3) is 0 Å². The minimum atomic E-state index is -0.578. The fraction of sp³-hybridized carbons (Fsp3) is 0.333. The number of imide groups is 1. The van der Waals surface area contributed by atoms with E-state index in [4.69, 9.17) is 4.74 Å². The van der Waals surface area contributed by atoms with Gasteiger partial charge in [0.1, 0.15) is 11.8 Å². The molecule has 1 unspecified atom stereocenters. The highest BCUT2D eigenvalue weighted by molar-refractivity contribution is 6.05. The Kier molecular flexibility index (Phi) is 6.64. The van der Waals surface area contributed by atoms with E-state index in [-0.39, 0.29) is 24.1 Å². The summed E-state index contributed by atoms with van der Waals surface area (Å²) in [5.74, 6) is 1.04. The molecular formula is C30H30N4O4. The standard InChI is InChI=1S/C30H30N4O4/c35-27-9-8-26(29(36)32-27)34-19-23-17-22(6-7-25(23)30(34)37)21-11-14-33(15-12-21)18-20-10-13-31-28(16-20)38-24-4-2-1-3-5-24/h1-7,10,13,16-17,21,26H,8-9,11-12,14-15,18-19H2,(H,32,35,36). The number of carbonyl (C=O) groups is 3. The van der Waals surface area contributed by atoms with Crippen LogP contribution >= 0.6 is 0 Å². The molecule has 1 aromatic heterocycles. The molecule has 4 heterocycles. The van der Waals surface area contributed by atoms with Crippen molar-refractivity contribution >= 4 is 17.7 Å². The van der Waals surface area contributed by atoms with Crippen LogP contribution in [0.4, 0.5) is 0 Å². The molecule has 3 aliphatic rings. The van der Waals surface area contributed by atoms with Crippen LogP contribution in [-0.2, 0) is 22.7 Å². The van der Waals surface area contributed by atoms with E-state index < -0.39 is 6.04 Å². The average Bonchev–Trinajstić information content (AvgIpc) is 3.25. The normalized spacial score (nSPS) is 20.4. The summed E-state index contributed by atoms with van der Waals surface area (Å²) in [6.07, 6.45) is 4.53. The maximum absolute atomic E-state index is 13.0. The minimum absolute atomic E-state index is 0.121. The third-order valence-corrected chi connectivity index (χ3v) is 7.78. The first kappa shape index (κ1) is 24.3. The quantitative estimate of drug-likeness (QED) is 0.504. The number of ether oxygens (including phenoxy) is 1. The highest BCUT2D eigenvalue weighted by Gasteiger charge is 2.39. The van der Waals surface area contributed by atoms with E-state index in [1.54, 1.807) is 11.1 Å². The maximum atomic E-state index is 13.0. The number of nitrogens with zero attached hydrogens (tertiary/aromatic N) is 3. The maximum Gasteiger partial charge on any atom is 0.255 e. The zero-order chi connectivity index (χ0) is 26.1. The van der Waals surface area contributed by atoms with E-state index in [9.17, 15) is 14.4 Å². The summed E-state index contributed by atoms with van der Waals surface area (Å²) < 4.78 is 5.89. The van der Waals surface area contributed by atoms with Crippen molar-refractivity contribution in [2.24, 2.45) is 0 Å². The molecule has 0 spiro atoms. The lowest BCUT2D eigenvalue weighted by atomic mass is 9.88. The van der Waals surface area contributed by atoms with Gasteiger partial charge in [0, 0.05) is 37.3 Å². The number of aromatic nitrogens is 1. The molecule has 3 aromatic rings. The highest BCUT2D eigenvalue weighted by Crippen LogP contribution is 2.34. The van der Waals surface area contributed by atoms with Gasteiger partial charge in [0.05, 0.1) is 0 Å². The van der Waals surface area contributed by atoms with Gasteiger partial charge in [-0.2, -0.15) is 0 Å². The Morgan fingerprint density at radius 3 is 2.55 bits per heavy atom. The van der Waals surface area contributed by atoms with Crippen LogP contribution in [0.5, 0.6) is 11.6 Å². The van der Waals surface area contributed by atoms with Gasteiger partial charge in [-0.15, -0.1) is 0 Å². The van der Waals surface area contributed by atoms with E-state index in [1.807, 2.05) is 48.5 Å². The summed E-state index contributed by atoms with van der Waals surface area (Å²) in [7, 11) is 0. The number of benzene rings is 2. The smallest absolute Gasteiger partial charge is 0.255 e. The molecular weight excluding hydrogens is 480 g/mol. The molecule has 0 bridgehead atoms. The Morgan fingerprint density at radius 1 is 0.947 bits per heavy atom. The van der Waals surface area contributed by atoms with Crippen molar-refractivity contribution in [3.8, 4) is 11.6 Å². The molecule has 3 aliphatic heterocycles. The third kappa shape index (κ3) is 5.04. The number of para-hydroxylation sites is 1. The number of carbonyl (C=O) groups excluding carboxylic acids is 3. The molecule has 2 aromatic carbocycles. The molecule has 8 nitrogen and oxygen atoms in total. The van der Waals surface area contributed by atoms with E-state index in [0.717, 1.165) is 43.8 Å². The van der Waals surface area contributed by atoms with E-state index in [2.05, 4.69) is 27.3 Å². The molecule has 1 atom stereocenters. The molecule has 8 heteroatoms. The number of piperidine rings is 2. The van der Waals surface area contributed by atoms with Crippen molar-refractivity contribution in [2.75, 3.05) is 13.1 Å². The first-order valence-corrected chi connectivity index (χ1v) is 13.2. The second-order valence-electron chi connectivity index (χ2n) is 10.3. The van der Waals surface area contributed by atoms with Crippen molar-refractivity contribution < 1.29 is 19.1 Å². The predicted molar refractivity (Wildman–Crippen MR) is 140 cm³/mol. The van der Waals surface area contributed by atoms with Crippen molar-refractivity contribution in [3.05, 3.63) is 89.1 Å². The summed E-state index contributed by atoms with van der Waals surface area (Å²) in [4.78, 5) is 45.3. The lowest BCUT2D eigenvalue weighted by molar-refractivity contribution is -0.136. The topological polar surface area (TPSA) is 91.8 Å². The van der Waals surface area contributed by atoms with Gasteiger partial charge in [-0.1, -0.05) is 30.3 Å². The minimum Gasteiger partial charge on any atom is -0.439 e. The van der Waals surface area contributed by atoms with Gasteiger partial charge in [0.25, 0.3) is 5.91 Å².